The van der Waals surface area contributed by atoms with Crippen LogP contribution < -0.4 is 5.32 Å². The summed E-state index contributed by atoms with van der Waals surface area (Å²) in [6, 6.07) is 2.36. The Balaban J connectivity index is 2.20. The summed E-state index contributed by atoms with van der Waals surface area (Å²) in [5.41, 5.74) is -2.04. The van der Waals surface area contributed by atoms with Crippen molar-refractivity contribution in [2.75, 3.05) is 7.11 Å². The largest absolute Gasteiger partial charge is 0.419 e. The first kappa shape index (κ1) is 15.8. The second kappa shape index (κ2) is 6.01. The molecular formula is C14H15F4NO2. The lowest BCUT2D eigenvalue weighted by Gasteiger charge is -2.20. The Kier molecular flexibility index (Phi) is 4.51. The van der Waals surface area contributed by atoms with Gasteiger partial charge in [-0.25, -0.2) is 4.39 Å². The Morgan fingerprint density at radius 1 is 1.33 bits per heavy atom. The number of alkyl halides is 3. The summed E-state index contributed by atoms with van der Waals surface area (Å²) in [4.78, 5) is 12.0. The third-order valence-electron chi connectivity index (χ3n) is 3.62. The molecule has 0 radical (unpaired) electrons. The van der Waals surface area contributed by atoms with E-state index in [0.29, 0.717) is 12.5 Å². The summed E-state index contributed by atoms with van der Waals surface area (Å²) in [6.45, 7) is 0. The zero-order valence-electron chi connectivity index (χ0n) is 11.3. The van der Waals surface area contributed by atoms with Gasteiger partial charge in [-0.1, -0.05) is 6.07 Å². The van der Waals surface area contributed by atoms with Crippen molar-refractivity contribution in [3.8, 4) is 0 Å². The van der Waals surface area contributed by atoms with Gasteiger partial charge in [-0.3, -0.25) is 4.79 Å². The van der Waals surface area contributed by atoms with Crippen molar-refractivity contribution < 1.29 is 27.1 Å². The highest BCUT2D eigenvalue weighted by Gasteiger charge is 2.36. The maximum absolute atomic E-state index is 13.9. The van der Waals surface area contributed by atoms with Gasteiger partial charge in [0.25, 0.3) is 5.91 Å². The smallest absolute Gasteiger partial charge is 0.379 e. The number of benzene rings is 1. The van der Waals surface area contributed by atoms with Crippen molar-refractivity contribution in [2.45, 2.75) is 37.6 Å². The number of methoxy groups -OCH3 is 1. The van der Waals surface area contributed by atoms with Crippen molar-refractivity contribution in [1.82, 2.24) is 5.32 Å². The van der Waals surface area contributed by atoms with E-state index in [-0.39, 0.29) is 12.1 Å². The molecule has 0 aromatic heterocycles. The van der Waals surface area contributed by atoms with Crippen LogP contribution in [0.1, 0.15) is 35.2 Å². The molecule has 0 heterocycles. The first-order valence-corrected chi connectivity index (χ1v) is 6.54. The molecule has 116 valence electrons. The first-order valence-electron chi connectivity index (χ1n) is 6.54. The zero-order chi connectivity index (χ0) is 15.6. The summed E-state index contributed by atoms with van der Waals surface area (Å²) in [5, 5.41) is 2.54. The molecule has 1 N–H and O–H groups in total. The fourth-order valence-corrected chi connectivity index (χ4v) is 2.55. The number of hydrogen-bond acceptors (Lipinski definition) is 2. The number of nitrogens with one attached hydrogen (secondary N) is 1. The van der Waals surface area contributed by atoms with Gasteiger partial charge in [0, 0.05) is 7.11 Å². The monoisotopic (exact) mass is 305 g/mol. The molecule has 3 nitrogen and oxygen atoms in total. The van der Waals surface area contributed by atoms with E-state index >= 15 is 0 Å². The number of amides is 1. The Morgan fingerprint density at radius 2 is 2.05 bits per heavy atom. The minimum absolute atomic E-state index is 0.192. The maximum Gasteiger partial charge on any atom is 0.419 e. The van der Waals surface area contributed by atoms with Gasteiger partial charge in [0.1, 0.15) is 5.82 Å². The molecule has 1 amide bonds. The number of ether oxygens (including phenoxy) is 1. The molecule has 2 rings (SSSR count). The van der Waals surface area contributed by atoms with Gasteiger partial charge in [-0.05, 0) is 31.4 Å². The van der Waals surface area contributed by atoms with Gasteiger partial charge in [-0.15, -0.1) is 0 Å². The molecule has 1 aromatic carbocycles. The second-order valence-corrected chi connectivity index (χ2v) is 4.95. The lowest BCUT2D eigenvalue weighted by Crippen LogP contribution is -2.41. The predicted octanol–water partition coefficient (Wildman–Crippen LogP) is 3.14. The first-order chi connectivity index (χ1) is 9.84. The van der Waals surface area contributed by atoms with Crippen LogP contribution in [0.2, 0.25) is 0 Å². The average molecular weight is 305 g/mol. The Morgan fingerprint density at radius 3 is 2.67 bits per heavy atom. The van der Waals surface area contributed by atoms with E-state index in [0.717, 1.165) is 25.0 Å². The fourth-order valence-electron chi connectivity index (χ4n) is 2.55. The summed E-state index contributed by atoms with van der Waals surface area (Å²) >= 11 is 0. The summed E-state index contributed by atoms with van der Waals surface area (Å²) < 4.78 is 56.9. The lowest BCUT2D eigenvalue weighted by molar-refractivity contribution is -0.140. The molecule has 1 aliphatic carbocycles. The highest BCUT2D eigenvalue weighted by molar-refractivity contribution is 5.95. The van der Waals surface area contributed by atoms with E-state index in [4.69, 9.17) is 4.74 Å². The molecule has 0 saturated heterocycles. The maximum atomic E-state index is 13.9. The van der Waals surface area contributed by atoms with Crippen LogP contribution in [0.5, 0.6) is 0 Å². The van der Waals surface area contributed by atoms with Crippen molar-refractivity contribution in [3.63, 3.8) is 0 Å². The lowest BCUT2D eigenvalue weighted by atomic mass is 10.1. The molecule has 1 aromatic rings. The third-order valence-corrected chi connectivity index (χ3v) is 3.62. The van der Waals surface area contributed by atoms with Crippen LogP contribution in [0.25, 0.3) is 0 Å². The van der Waals surface area contributed by atoms with E-state index in [1.165, 1.54) is 7.11 Å². The van der Waals surface area contributed by atoms with Crippen LogP contribution in [-0.4, -0.2) is 25.2 Å². The van der Waals surface area contributed by atoms with E-state index in [1.54, 1.807) is 0 Å². The topological polar surface area (TPSA) is 38.3 Å². The van der Waals surface area contributed by atoms with Gasteiger partial charge >= 0.3 is 6.18 Å². The second-order valence-electron chi connectivity index (χ2n) is 4.95. The van der Waals surface area contributed by atoms with Crippen LogP contribution in [0, 0.1) is 5.82 Å². The number of carbonyl (C=O) groups is 1. The standard InChI is InChI=1S/C14H15F4NO2/c1-21-11-7-3-6-10(11)19-13(20)8-4-2-5-9(12(8)15)14(16,17)18/h2,4-5,10-11H,3,6-7H2,1H3,(H,19,20). The van der Waals surface area contributed by atoms with Crippen LogP contribution in [0.4, 0.5) is 17.6 Å². The molecule has 7 heteroatoms. The van der Waals surface area contributed by atoms with Crippen LogP contribution in [0.3, 0.4) is 0 Å². The normalized spacial score (nSPS) is 22.3. The summed E-state index contributed by atoms with van der Waals surface area (Å²) in [5.74, 6) is -2.40. The van der Waals surface area contributed by atoms with E-state index in [1.807, 2.05) is 0 Å². The van der Waals surface area contributed by atoms with Gasteiger partial charge < -0.3 is 10.1 Å². The minimum Gasteiger partial charge on any atom is -0.379 e. The molecule has 2 unspecified atom stereocenters. The summed E-state index contributed by atoms with van der Waals surface area (Å²) in [6.07, 6.45) is -2.77. The van der Waals surface area contributed by atoms with Gasteiger partial charge in [0.15, 0.2) is 0 Å². The number of hydrogen-bond donors (Lipinski definition) is 1. The van der Waals surface area contributed by atoms with E-state index in [2.05, 4.69) is 5.32 Å². The van der Waals surface area contributed by atoms with Gasteiger partial charge in [-0.2, -0.15) is 13.2 Å². The number of halogens is 4. The Bertz CT molecular complexity index is 530. The molecular weight excluding hydrogens is 290 g/mol. The Hall–Kier alpha value is -1.63. The highest BCUT2D eigenvalue weighted by atomic mass is 19.4. The molecule has 0 aliphatic heterocycles. The SMILES string of the molecule is COC1CCCC1NC(=O)c1cccc(C(F)(F)F)c1F. The molecule has 1 fully saturated rings. The van der Waals surface area contributed by atoms with Crippen molar-refractivity contribution in [2.24, 2.45) is 0 Å². The molecule has 0 spiro atoms. The zero-order valence-corrected chi connectivity index (χ0v) is 11.3. The molecule has 21 heavy (non-hydrogen) atoms. The summed E-state index contributed by atoms with van der Waals surface area (Å²) in [7, 11) is 1.50. The van der Waals surface area contributed by atoms with Crippen molar-refractivity contribution in [1.29, 1.82) is 0 Å². The highest BCUT2D eigenvalue weighted by Crippen LogP contribution is 2.32. The number of rotatable bonds is 3. The Labute approximate surface area is 119 Å². The third kappa shape index (κ3) is 3.34. The van der Waals surface area contributed by atoms with Crippen molar-refractivity contribution >= 4 is 5.91 Å². The fraction of sp³-hybridized carbons (Fsp3) is 0.500. The molecule has 2 atom stereocenters. The van der Waals surface area contributed by atoms with Crippen LogP contribution in [0.15, 0.2) is 18.2 Å². The predicted molar refractivity (Wildman–Crippen MR) is 67.3 cm³/mol. The average Bonchev–Trinajstić information content (AvgIpc) is 2.84. The minimum atomic E-state index is -4.83. The van der Waals surface area contributed by atoms with Crippen LogP contribution in [-0.2, 0) is 10.9 Å². The molecule has 0 bridgehead atoms. The number of carbonyl (C=O) groups excluding carboxylic acids is 1. The van der Waals surface area contributed by atoms with E-state index < -0.39 is 29.0 Å². The van der Waals surface area contributed by atoms with Gasteiger partial charge in [0.05, 0.1) is 23.3 Å². The molecule has 1 aliphatic rings. The quantitative estimate of drug-likeness (QED) is 0.871. The van der Waals surface area contributed by atoms with E-state index in [9.17, 15) is 22.4 Å². The molecule has 1 saturated carbocycles. The van der Waals surface area contributed by atoms with Crippen LogP contribution >= 0.6 is 0 Å². The van der Waals surface area contributed by atoms with Crippen molar-refractivity contribution in [3.05, 3.63) is 35.1 Å². The van der Waals surface area contributed by atoms with Gasteiger partial charge in [0.2, 0.25) is 0 Å².